The van der Waals surface area contributed by atoms with Gasteiger partial charge in [0.25, 0.3) is 0 Å². The molecule has 3 heteroatoms. The van der Waals surface area contributed by atoms with Gasteiger partial charge in [0.15, 0.2) is 0 Å². The fraction of sp³-hybridized carbons (Fsp3) is 0.417. The number of hydrogen-bond acceptors (Lipinski definition) is 3. The van der Waals surface area contributed by atoms with Crippen LogP contribution in [0.3, 0.4) is 0 Å². The van der Waals surface area contributed by atoms with Crippen LogP contribution in [0.1, 0.15) is 18.3 Å². The Balaban J connectivity index is 2.78. The van der Waals surface area contributed by atoms with Gasteiger partial charge in [-0.1, -0.05) is 12.8 Å². The molecule has 0 amide bonds. The third kappa shape index (κ3) is 3.61. The summed E-state index contributed by atoms with van der Waals surface area (Å²) in [5, 5.41) is 3.21. The van der Waals surface area contributed by atoms with Crippen molar-refractivity contribution in [3.8, 4) is 18.1 Å². The summed E-state index contributed by atoms with van der Waals surface area (Å²) in [5.74, 6) is 3.21. The van der Waals surface area contributed by atoms with Crippen LogP contribution in [0.2, 0.25) is 0 Å². The van der Waals surface area contributed by atoms with Crippen LogP contribution in [-0.4, -0.2) is 18.1 Å². The number of aromatic nitrogens is 1. The molecular weight excluding hydrogens is 188 g/mol. The molecule has 0 saturated carbocycles. The van der Waals surface area contributed by atoms with Crippen molar-refractivity contribution in [2.75, 3.05) is 13.2 Å². The molecule has 0 saturated heterocycles. The molecule has 0 bridgehead atoms. The van der Waals surface area contributed by atoms with Gasteiger partial charge in [-0.05, 0) is 25.6 Å². The first-order valence-electron chi connectivity index (χ1n) is 5.01. The number of hydrogen-bond donors (Lipinski definition) is 1. The van der Waals surface area contributed by atoms with E-state index in [-0.39, 0.29) is 6.61 Å². The van der Waals surface area contributed by atoms with Crippen molar-refractivity contribution in [3.05, 3.63) is 23.5 Å². The Hall–Kier alpha value is -1.53. The van der Waals surface area contributed by atoms with Crippen molar-refractivity contribution in [1.82, 2.24) is 10.3 Å². The number of terminal acetylenes is 1. The smallest absolute Gasteiger partial charge is 0.148 e. The minimum atomic E-state index is 0.282. The molecular formula is C12H16N2O. The van der Waals surface area contributed by atoms with E-state index in [1.165, 1.54) is 0 Å². The fourth-order valence-corrected chi connectivity index (χ4v) is 1.22. The van der Waals surface area contributed by atoms with Gasteiger partial charge in [0.05, 0.1) is 5.69 Å². The van der Waals surface area contributed by atoms with E-state index in [9.17, 15) is 0 Å². The van der Waals surface area contributed by atoms with E-state index in [4.69, 9.17) is 11.2 Å². The number of rotatable bonds is 5. The molecule has 1 N–H and O–H groups in total. The predicted octanol–water partition coefficient (Wildman–Crippen LogP) is 1.51. The van der Waals surface area contributed by atoms with Crippen LogP contribution in [-0.2, 0) is 6.54 Å². The molecule has 1 rings (SSSR count). The van der Waals surface area contributed by atoms with Crippen molar-refractivity contribution < 1.29 is 4.74 Å². The molecule has 0 radical (unpaired) electrons. The quantitative estimate of drug-likeness (QED) is 0.738. The van der Waals surface area contributed by atoms with Crippen molar-refractivity contribution in [1.29, 1.82) is 0 Å². The zero-order valence-electron chi connectivity index (χ0n) is 9.21. The van der Waals surface area contributed by atoms with Crippen LogP contribution >= 0.6 is 0 Å². The number of aryl methyl sites for hydroxylation is 1. The highest BCUT2D eigenvalue weighted by atomic mass is 16.5. The average molecular weight is 204 g/mol. The summed E-state index contributed by atoms with van der Waals surface area (Å²) < 4.78 is 5.40. The predicted molar refractivity (Wildman–Crippen MR) is 60.7 cm³/mol. The average Bonchev–Trinajstić information content (AvgIpc) is 2.25. The summed E-state index contributed by atoms with van der Waals surface area (Å²) in [5.41, 5.74) is 1.89. The van der Waals surface area contributed by atoms with E-state index in [1.807, 2.05) is 19.1 Å². The van der Waals surface area contributed by atoms with Crippen LogP contribution in [0.5, 0.6) is 5.75 Å². The third-order valence-corrected chi connectivity index (χ3v) is 1.93. The second-order valence-electron chi connectivity index (χ2n) is 3.17. The molecule has 0 aliphatic heterocycles. The van der Waals surface area contributed by atoms with E-state index in [2.05, 4.69) is 23.1 Å². The van der Waals surface area contributed by atoms with Gasteiger partial charge in [0.1, 0.15) is 12.4 Å². The standard InChI is InChI=1S/C12H16N2O/c1-4-8-15-12-7-6-10(3)14-11(12)9-13-5-2/h1,6-7,13H,5,8-9H2,2-3H3. The van der Waals surface area contributed by atoms with Crippen LogP contribution in [0.15, 0.2) is 12.1 Å². The van der Waals surface area contributed by atoms with Gasteiger partial charge in [-0.15, -0.1) is 6.42 Å². The van der Waals surface area contributed by atoms with E-state index in [0.717, 1.165) is 23.7 Å². The lowest BCUT2D eigenvalue weighted by Crippen LogP contribution is -2.14. The Morgan fingerprint density at radius 2 is 2.33 bits per heavy atom. The monoisotopic (exact) mass is 204 g/mol. The topological polar surface area (TPSA) is 34.1 Å². The Kier molecular flexibility index (Phi) is 4.65. The minimum Gasteiger partial charge on any atom is -0.479 e. The second kappa shape index (κ2) is 6.05. The molecule has 1 heterocycles. The molecule has 0 unspecified atom stereocenters. The van der Waals surface area contributed by atoms with E-state index in [0.29, 0.717) is 6.54 Å². The van der Waals surface area contributed by atoms with Gasteiger partial charge >= 0.3 is 0 Å². The van der Waals surface area contributed by atoms with Gasteiger partial charge in [-0.25, -0.2) is 0 Å². The van der Waals surface area contributed by atoms with Crippen LogP contribution in [0.4, 0.5) is 0 Å². The number of ether oxygens (including phenoxy) is 1. The Morgan fingerprint density at radius 3 is 3.00 bits per heavy atom. The van der Waals surface area contributed by atoms with Crippen LogP contribution in [0, 0.1) is 19.3 Å². The van der Waals surface area contributed by atoms with Gasteiger partial charge in [-0.3, -0.25) is 4.98 Å². The maximum absolute atomic E-state index is 5.40. The van der Waals surface area contributed by atoms with Crippen LogP contribution < -0.4 is 10.1 Å². The molecule has 80 valence electrons. The third-order valence-electron chi connectivity index (χ3n) is 1.93. The molecule has 0 atom stereocenters. The molecule has 15 heavy (non-hydrogen) atoms. The van der Waals surface area contributed by atoms with Crippen molar-refractivity contribution >= 4 is 0 Å². The first-order valence-corrected chi connectivity index (χ1v) is 5.01. The first-order chi connectivity index (χ1) is 7.27. The Bertz CT molecular complexity index is 355. The number of pyridine rings is 1. The second-order valence-corrected chi connectivity index (χ2v) is 3.17. The maximum Gasteiger partial charge on any atom is 0.148 e. The molecule has 1 aromatic rings. The highest BCUT2D eigenvalue weighted by Crippen LogP contribution is 2.16. The largest absolute Gasteiger partial charge is 0.479 e. The highest BCUT2D eigenvalue weighted by Gasteiger charge is 2.04. The van der Waals surface area contributed by atoms with Crippen molar-refractivity contribution in [2.45, 2.75) is 20.4 Å². The SMILES string of the molecule is C#CCOc1ccc(C)nc1CNCC. The molecule has 0 spiro atoms. The fourth-order valence-electron chi connectivity index (χ4n) is 1.22. The Labute approximate surface area is 90.9 Å². The lowest BCUT2D eigenvalue weighted by atomic mass is 10.3. The normalized spacial score (nSPS) is 9.67. The van der Waals surface area contributed by atoms with Crippen molar-refractivity contribution in [3.63, 3.8) is 0 Å². The molecule has 0 fully saturated rings. The number of nitrogens with one attached hydrogen (secondary N) is 1. The van der Waals surface area contributed by atoms with Crippen LogP contribution in [0.25, 0.3) is 0 Å². The molecule has 0 aromatic carbocycles. The lowest BCUT2D eigenvalue weighted by Gasteiger charge is -2.09. The summed E-state index contributed by atoms with van der Waals surface area (Å²) in [4.78, 5) is 4.41. The van der Waals surface area contributed by atoms with Gasteiger partial charge in [-0.2, -0.15) is 0 Å². The summed E-state index contributed by atoms with van der Waals surface area (Å²) in [6, 6.07) is 3.83. The lowest BCUT2D eigenvalue weighted by molar-refractivity contribution is 0.362. The molecule has 0 aliphatic carbocycles. The van der Waals surface area contributed by atoms with Gasteiger partial charge in [0, 0.05) is 12.2 Å². The van der Waals surface area contributed by atoms with Gasteiger partial charge < -0.3 is 10.1 Å². The first kappa shape index (κ1) is 11.5. The summed E-state index contributed by atoms with van der Waals surface area (Å²) in [7, 11) is 0. The van der Waals surface area contributed by atoms with Gasteiger partial charge in [0.2, 0.25) is 0 Å². The molecule has 0 aliphatic rings. The molecule has 3 nitrogen and oxygen atoms in total. The molecule has 1 aromatic heterocycles. The van der Waals surface area contributed by atoms with E-state index < -0.39 is 0 Å². The summed E-state index contributed by atoms with van der Waals surface area (Å²) in [6.45, 7) is 5.91. The summed E-state index contributed by atoms with van der Waals surface area (Å²) in [6.07, 6.45) is 5.15. The zero-order chi connectivity index (χ0) is 11.1. The summed E-state index contributed by atoms with van der Waals surface area (Å²) >= 11 is 0. The van der Waals surface area contributed by atoms with E-state index in [1.54, 1.807) is 0 Å². The highest BCUT2D eigenvalue weighted by molar-refractivity contribution is 5.29. The zero-order valence-corrected chi connectivity index (χ0v) is 9.21. The number of nitrogens with zero attached hydrogens (tertiary/aromatic N) is 1. The van der Waals surface area contributed by atoms with Crippen molar-refractivity contribution in [2.24, 2.45) is 0 Å². The van der Waals surface area contributed by atoms with E-state index >= 15 is 0 Å². The minimum absolute atomic E-state index is 0.282. The Morgan fingerprint density at radius 1 is 1.53 bits per heavy atom. The maximum atomic E-state index is 5.40.